The van der Waals surface area contributed by atoms with Crippen LogP contribution in [0.3, 0.4) is 0 Å². The van der Waals surface area contributed by atoms with Gasteiger partial charge in [-0.1, -0.05) is 27.2 Å². The molecule has 18 heavy (non-hydrogen) atoms. The first-order valence-electron chi connectivity index (χ1n) is 7.00. The highest BCUT2D eigenvalue weighted by Gasteiger charge is 2.38. The molecule has 1 fully saturated rings. The van der Waals surface area contributed by atoms with E-state index in [1.54, 1.807) is 0 Å². The van der Waals surface area contributed by atoms with Crippen LogP contribution in [0.4, 0.5) is 0 Å². The van der Waals surface area contributed by atoms with E-state index in [2.05, 4.69) is 37.4 Å². The van der Waals surface area contributed by atoms with Crippen LogP contribution in [-0.2, 0) is 13.5 Å². The molecule has 102 valence electrons. The first-order valence-corrected chi connectivity index (χ1v) is 7.44. The molecule has 1 heterocycles. The van der Waals surface area contributed by atoms with E-state index in [0.29, 0.717) is 11.3 Å². The van der Waals surface area contributed by atoms with Gasteiger partial charge in [0.15, 0.2) is 0 Å². The molecule has 3 unspecified atom stereocenters. The zero-order valence-corrected chi connectivity index (χ0v) is 12.7. The quantitative estimate of drug-likeness (QED) is 0.757. The molecule has 1 aliphatic carbocycles. The van der Waals surface area contributed by atoms with Crippen LogP contribution in [0, 0.1) is 17.3 Å². The molecule has 3 heteroatoms. The van der Waals surface area contributed by atoms with Crippen molar-refractivity contribution in [3.05, 3.63) is 18.2 Å². The molecular formula is C15H25ClN2. The number of imidazole rings is 1. The monoisotopic (exact) mass is 268 g/mol. The highest BCUT2D eigenvalue weighted by atomic mass is 35.5. The van der Waals surface area contributed by atoms with Crippen LogP contribution in [-0.4, -0.2) is 14.9 Å². The summed E-state index contributed by atoms with van der Waals surface area (Å²) in [6, 6.07) is 0. The summed E-state index contributed by atoms with van der Waals surface area (Å²) in [6.45, 7) is 7.01. The van der Waals surface area contributed by atoms with Gasteiger partial charge >= 0.3 is 0 Å². The second-order valence-electron chi connectivity index (χ2n) is 6.66. The lowest BCUT2D eigenvalue weighted by atomic mass is 9.67. The van der Waals surface area contributed by atoms with Crippen LogP contribution in [0.2, 0.25) is 0 Å². The highest BCUT2D eigenvalue weighted by molar-refractivity contribution is 6.20. The molecule has 0 spiro atoms. The van der Waals surface area contributed by atoms with Crippen molar-refractivity contribution in [2.45, 2.75) is 51.8 Å². The van der Waals surface area contributed by atoms with Crippen LogP contribution < -0.4 is 0 Å². The van der Waals surface area contributed by atoms with Gasteiger partial charge in [-0.05, 0) is 30.1 Å². The highest BCUT2D eigenvalue weighted by Crippen LogP contribution is 2.44. The minimum absolute atomic E-state index is 0.228. The molecule has 1 aromatic heterocycles. The summed E-state index contributed by atoms with van der Waals surface area (Å²) in [7, 11) is 2.07. The fraction of sp³-hybridized carbons (Fsp3) is 0.800. The predicted molar refractivity (Wildman–Crippen MR) is 76.8 cm³/mol. The number of nitrogens with zero attached hydrogens (tertiary/aromatic N) is 2. The molecule has 2 rings (SSSR count). The van der Waals surface area contributed by atoms with Gasteiger partial charge in [-0.3, -0.25) is 0 Å². The lowest BCUT2D eigenvalue weighted by Gasteiger charge is -2.41. The Balaban J connectivity index is 2.08. The second-order valence-corrected chi connectivity index (χ2v) is 7.22. The van der Waals surface area contributed by atoms with Gasteiger partial charge in [0.1, 0.15) is 5.82 Å². The van der Waals surface area contributed by atoms with Crippen LogP contribution in [0.1, 0.15) is 45.9 Å². The SMILES string of the molecule is CC1CCC(C(C)(C)Cc2nccn2C)C(Cl)C1. The van der Waals surface area contributed by atoms with E-state index in [1.807, 2.05) is 12.4 Å². The predicted octanol–water partition coefficient (Wildman–Crippen LogP) is 4.03. The summed E-state index contributed by atoms with van der Waals surface area (Å²) in [5.74, 6) is 2.56. The standard InChI is InChI=1S/C15H25ClN2/c1-11-5-6-12(13(16)9-11)15(2,3)10-14-17-7-8-18(14)4/h7-8,11-13H,5-6,9-10H2,1-4H3. The fourth-order valence-electron chi connectivity index (χ4n) is 3.30. The lowest BCUT2D eigenvalue weighted by molar-refractivity contribution is 0.138. The second kappa shape index (κ2) is 5.24. The summed E-state index contributed by atoms with van der Waals surface area (Å²) in [5.41, 5.74) is 0.228. The number of rotatable bonds is 3. The largest absolute Gasteiger partial charge is 0.338 e. The first-order chi connectivity index (χ1) is 8.40. The number of halogens is 1. The molecule has 1 aliphatic rings. The maximum Gasteiger partial charge on any atom is 0.108 e. The van der Waals surface area contributed by atoms with Crippen LogP contribution >= 0.6 is 11.6 Å². The first kappa shape index (κ1) is 13.9. The van der Waals surface area contributed by atoms with Gasteiger partial charge in [-0.25, -0.2) is 4.98 Å². The Morgan fingerprint density at radius 3 is 2.72 bits per heavy atom. The molecule has 0 radical (unpaired) electrons. The lowest BCUT2D eigenvalue weighted by Crippen LogP contribution is -2.37. The van der Waals surface area contributed by atoms with Gasteiger partial charge in [-0.2, -0.15) is 0 Å². The maximum atomic E-state index is 6.61. The molecular weight excluding hydrogens is 244 g/mol. The molecule has 0 aromatic carbocycles. The zero-order valence-electron chi connectivity index (χ0n) is 12.0. The number of aromatic nitrogens is 2. The molecule has 0 aliphatic heterocycles. The molecule has 1 saturated carbocycles. The van der Waals surface area contributed by atoms with Gasteiger partial charge in [0.2, 0.25) is 0 Å². The van der Waals surface area contributed by atoms with Crippen molar-refractivity contribution in [2.75, 3.05) is 0 Å². The molecule has 1 aromatic rings. The Morgan fingerprint density at radius 2 is 2.17 bits per heavy atom. The van der Waals surface area contributed by atoms with E-state index >= 15 is 0 Å². The van der Waals surface area contributed by atoms with E-state index in [0.717, 1.165) is 18.8 Å². The van der Waals surface area contributed by atoms with Crippen molar-refractivity contribution in [3.63, 3.8) is 0 Å². The van der Waals surface area contributed by atoms with Gasteiger partial charge in [0.05, 0.1) is 0 Å². The van der Waals surface area contributed by atoms with E-state index in [1.165, 1.54) is 18.7 Å². The van der Waals surface area contributed by atoms with Crippen molar-refractivity contribution >= 4 is 11.6 Å². The van der Waals surface area contributed by atoms with Crippen molar-refractivity contribution in [3.8, 4) is 0 Å². The third-order valence-corrected chi connectivity index (χ3v) is 5.06. The molecule has 0 amide bonds. The number of hydrogen-bond donors (Lipinski definition) is 0. The topological polar surface area (TPSA) is 17.8 Å². The zero-order chi connectivity index (χ0) is 13.3. The Kier molecular flexibility index (Phi) is 4.05. The molecule has 0 N–H and O–H groups in total. The van der Waals surface area contributed by atoms with E-state index in [-0.39, 0.29) is 5.41 Å². The average Bonchev–Trinajstić information content (AvgIpc) is 2.63. The average molecular weight is 269 g/mol. The van der Waals surface area contributed by atoms with Crippen molar-refractivity contribution in [1.82, 2.24) is 9.55 Å². The third kappa shape index (κ3) is 2.90. The van der Waals surface area contributed by atoms with Crippen LogP contribution in [0.15, 0.2) is 12.4 Å². The Labute approximate surface area is 116 Å². The van der Waals surface area contributed by atoms with Gasteiger partial charge in [-0.15, -0.1) is 11.6 Å². The third-order valence-electron chi connectivity index (χ3n) is 4.57. The van der Waals surface area contributed by atoms with Gasteiger partial charge < -0.3 is 4.57 Å². The Hall–Kier alpha value is -0.500. The molecule has 0 bridgehead atoms. The normalized spacial score (nSPS) is 29.5. The summed E-state index contributed by atoms with van der Waals surface area (Å²) in [5, 5.41) is 0.323. The Morgan fingerprint density at radius 1 is 1.44 bits per heavy atom. The van der Waals surface area contributed by atoms with Crippen molar-refractivity contribution in [1.29, 1.82) is 0 Å². The number of aryl methyl sites for hydroxylation is 1. The number of hydrogen-bond acceptors (Lipinski definition) is 1. The molecule has 3 atom stereocenters. The van der Waals surface area contributed by atoms with Crippen molar-refractivity contribution < 1.29 is 0 Å². The van der Waals surface area contributed by atoms with E-state index in [4.69, 9.17) is 11.6 Å². The van der Waals surface area contributed by atoms with Crippen LogP contribution in [0.25, 0.3) is 0 Å². The van der Waals surface area contributed by atoms with E-state index < -0.39 is 0 Å². The number of alkyl halides is 1. The van der Waals surface area contributed by atoms with E-state index in [9.17, 15) is 0 Å². The fourth-order valence-corrected chi connectivity index (χ4v) is 4.07. The minimum Gasteiger partial charge on any atom is -0.338 e. The van der Waals surface area contributed by atoms with Gasteiger partial charge in [0.25, 0.3) is 0 Å². The maximum absolute atomic E-state index is 6.61. The summed E-state index contributed by atoms with van der Waals surface area (Å²) in [6.07, 6.45) is 8.65. The summed E-state index contributed by atoms with van der Waals surface area (Å²) in [4.78, 5) is 4.46. The smallest absolute Gasteiger partial charge is 0.108 e. The van der Waals surface area contributed by atoms with Gasteiger partial charge in [0, 0.05) is 31.2 Å². The van der Waals surface area contributed by atoms with Crippen LogP contribution in [0.5, 0.6) is 0 Å². The minimum atomic E-state index is 0.228. The molecule has 0 saturated heterocycles. The summed E-state index contributed by atoms with van der Waals surface area (Å²) < 4.78 is 2.12. The Bertz CT molecular complexity index is 397. The van der Waals surface area contributed by atoms with Crippen molar-refractivity contribution in [2.24, 2.45) is 24.3 Å². The summed E-state index contributed by atoms with van der Waals surface area (Å²) >= 11 is 6.61. The molecule has 2 nitrogen and oxygen atoms in total.